The van der Waals surface area contributed by atoms with E-state index in [1.165, 1.54) is 18.4 Å². The summed E-state index contributed by atoms with van der Waals surface area (Å²) in [5, 5.41) is 22.7. The van der Waals surface area contributed by atoms with Gasteiger partial charge >= 0.3 is 0 Å². The van der Waals surface area contributed by atoms with Crippen molar-refractivity contribution in [3.8, 4) is 0 Å². The summed E-state index contributed by atoms with van der Waals surface area (Å²) in [6.45, 7) is 0. The summed E-state index contributed by atoms with van der Waals surface area (Å²) in [6.07, 6.45) is 2.60. The van der Waals surface area contributed by atoms with E-state index in [0.29, 0.717) is 5.76 Å². The number of hydrogen-bond donors (Lipinski definition) is 1. The second kappa shape index (κ2) is 7.59. The SMILES string of the molecule is O=[N+]([O-])c1ccc(N=NC(=NNc2ccccc2)c2ccco2)nc1. The van der Waals surface area contributed by atoms with Gasteiger partial charge in [0.2, 0.25) is 5.84 Å². The van der Waals surface area contributed by atoms with Crippen molar-refractivity contribution in [1.29, 1.82) is 0 Å². The van der Waals surface area contributed by atoms with Crippen molar-refractivity contribution in [3.05, 3.63) is 82.9 Å². The second-order valence-corrected chi connectivity index (χ2v) is 4.72. The number of para-hydroxylation sites is 1. The summed E-state index contributed by atoms with van der Waals surface area (Å²) in [6, 6.07) is 15.4. The van der Waals surface area contributed by atoms with Gasteiger partial charge in [-0.3, -0.25) is 15.5 Å². The highest BCUT2D eigenvalue weighted by Gasteiger charge is 2.08. The molecule has 3 aromatic rings. The van der Waals surface area contributed by atoms with Gasteiger partial charge in [0.15, 0.2) is 11.6 Å². The maximum Gasteiger partial charge on any atom is 0.287 e. The maximum absolute atomic E-state index is 10.6. The Morgan fingerprint density at radius 2 is 1.96 bits per heavy atom. The van der Waals surface area contributed by atoms with E-state index < -0.39 is 4.92 Å². The van der Waals surface area contributed by atoms with Crippen LogP contribution in [-0.4, -0.2) is 15.7 Å². The van der Waals surface area contributed by atoms with Crippen molar-refractivity contribution >= 4 is 23.0 Å². The quantitative estimate of drug-likeness (QED) is 0.247. The molecule has 9 nitrogen and oxygen atoms in total. The van der Waals surface area contributed by atoms with Gasteiger partial charge in [-0.05, 0) is 30.3 Å². The van der Waals surface area contributed by atoms with Crippen LogP contribution in [0.5, 0.6) is 0 Å². The number of hydrogen-bond acceptors (Lipinski definition) is 7. The Morgan fingerprint density at radius 3 is 2.60 bits per heavy atom. The molecule has 0 aliphatic carbocycles. The third-order valence-corrected chi connectivity index (χ3v) is 3.00. The van der Waals surface area contributed by atoms with E-state index >= 15 is 0 Å². The molecule has 1 N–H and O–H groups in total. The van der Waals surface area contributed by atoms with Gasteiger partial charge in [-0.25, -0.2) is 4.98 Å². The normalized spacial score (nSPS) is 11.6. The number of rotatable bonds is 5. The molecule has 9 heteroatoms. The summed E-state index contributed by atoms with van der Waals surface area (Å²) in [7, 11) is 0. The summed E-state index contributed by atoms with van der Waals surface area (Å²) >= 11 is 0. The van der Waals surface area contributed by atoms with Gasteiger partial charge in [0.25, 0.3) is 5.69 Å². The number of aromatic nitrogens is 1. The third-order valence-electron chi connectivity index (χ3n) is 3.00. The minimum absolute atomic E-state index is 0.121. The highest BCUT2D eigenvalue weighted by molar-refractivity contribution is 5.97. The molecule has 0 aliphatic rings. The molecule has 0 saturated heterocycles. The zero-order chi connectivity index (χ0) is 17.5. The first-order valence-corrected chi connectivity index (χ1v) is 7.17. The Labute approximate surface area is 141 Å². The average molecular weight is 336 g/mol. The minimum atomic E-state index is -0.534. The lowest BCUT2D eigenvalue weighted by Gasteiger charge is -2.00. The molecular formula is C16H12N6O3. The molecule has 3 rings (SSSR count). The lowest BCUT2D eigenvalue weighted by atomic mass is 10.3. The van der Waals surface area contributed by atoms with Crippen LogP contribution < -0.4 is 5.43 Å². The Morgan fingerprint density at radius 1 is 1.12 bits per heavy atom. The molecule has 1 aromatic carbocycles. The zero-order valence-corrected chi connectivity index (χ0v) is 12.8. The number of furan rings is 1. The van der Waals surface area contributed by atoms with Crippen molar-refractivity contribution in [2.45, 2.75) is 0 Å². The lowest BCUT2D eigenvalue weighted by molar-refractivity contribution is -0.385. The standard InChI is InChI=1S/C16H12N6O3/c23-22(24)13-8-9-15(17-11-13)19-21-16(14-7-4-10-25-14)20-18-12-5-2-1-3-6-12/h1-11,18H. The van der Waals surface area contributed by atoms with Crippen LogP contribution in [0.3, 0.4) is 0 Å². The van der Waals surface area contributed by atoms with Crippen LogP contribution in [-0.2, 0) is 0 Å². The first kappa shape index (κ1) is 16.0. The molecule has 2 heterocycles. The highest BCUT2D eigenvalue weighted by Crippen LogP contribution is 2.15. The molecule has 0 atom stereocenters. The van der Waals surface area contributed by atoms with Gasteiger partial charge < -0.3 is 4.42 Å². The van der Waals surface area contributed by atoms with E-state index in [1.807, 2.05) is 30.3 Å². The van der Waals surface area contributed by atoms with Gasteiger partial charge in [-0.2, -0.15) is 0 Å². The topological polar surface area (TPSA) is 118 Å². The fourth-order valence-corrected chi connectivity index (χ4v) is 1.81. The third kappa shape index (κ3) is 4.32. The molecule has 0 aliphatic heterocycles. The van der Waals surface area contributed by atoms with Crippen LogP contribution in [0, 0.1) is 10.1 Å². The van der Waals surface area contributed by atoms with Crippen molar-refractivity contribution < 1.29 is 9.34 Å². The number of nitrogens with zero attached hydrogens (tertiary/aromatic N) is 5. The lowest BCUT2D eigenvalue weighted by Crippen LogP contribution is -1.99. The van der Waals surface area contributed by atoms with Crippen LogP contribution >= 0.6 is 0 Å². The molecule has 124 valence electrons. The van der Waals surface area contributed by atoms with E-state index in [0.717, 1.165) is 11.9 Å². The number of nitrogens with one attached hydrogen (secondary N) is 1. The predicted octanol–water partition coefficient (Wildman–Crippen LogP) is 4.14. The Bertz CT molecular complexity index is 889. The van der Waals surface area contributed by atoms with Gasteiger partial charge in [0.05, 0.1) is 16.9 Å². The molecular weight excluding hydrogens is 324 g/mol. The molecule has 2 aromatic heterocycles. The molecule has 0 saturated carbocycles. The zero-order valence-electron chi connectivity index (χ0n) is 12.8. The summed E-state index contributed by atoms with van der Waals surface area (Å²) in [5.74, 6) is 0.827. The molecule has 0 unspecified atom stereocenters. The van der Waals surface area contributed by atoms with Gasteiger partial charge in [-0.1, -0.05) is 18.2 Å². The predicted molar refractivity (Wildman–Crippen MR) is 90.7 cm³/mol. The highest BCUT2D eigenvalue weighted by atomic mass is 16.6. The van der Waals surface area contributed by atoms with Crippen molar-refractivity contribution in [2.24, 2.45) is 15.3 Å². The molecule has 0 bridgehead atoms. The first-order valence-electron chi connectivity index (χ1n) is 7.17. The minimum Gasteiger partial charge on any atom is -0.461 e. The van der Waals surface area contributed by atoms with Crippen LogP contribution in [0.15, 0.2) is 86.8 Å². The monoisotopic (exact) mass is 336 g/mol. The molecule has 0 fully saturated rings. The Hall–Kier alpha value is -3.88. The summed E-state index contributed by atoms with van der Waals surface area (Å²) < 4.78 is 5.29. The smallest absolute Gasteiger partial charge is 0.287 e. The van der Waals surface area contributed by atoms with Crippen molar-refractivity contribution in [1.82, 2.24) is 4.98 Å². The van der Waals surface area contributed by atoms with Gasteiger partial charge in [0.1, 0.15) is 6.20 Å². The molecule has 0 spiro atoms. The van der Waals surface area contributed by atoms with Crippen LogP contribution in [0.1, 0.15) is 5.76 Å². The maximum atomic E-state index is 10.6. The van der Waals surface area contributed by atoms with E-state index in [9.17, 15) is 10.1 Å². The summed E-state index contributed by atoms with van der Waals surface area (Å²) in [5.41, 5.74) is 3.51. The van der Waals surface area contributed by atoms with Crippen molar-refractivity contribution in [2.75, 3.05) is 5.43 Å². The van der Waals surface area contributed by atoms with E-state index in [2.05, 4.69) is 25.7 Å². The second-order valence-electron chi connectivity index (χ2n) is 4.72. The number of pyridine rings is 1. The van der Waals surface area contributed by atoms with E-state index in [1.54, 1.807) is 12.1 Å². The number of amidine groups is 1. The number of anilines is 1. The van der Waals surface area contributed by atoms with Crippen molar-refractivity contribution in [3.63, 3.8) is 0 Å². The Balaban J connectivity index is 1.81. The molecule has 0 amide bonds. The largest absolute Gasteiger partial charge is 0.461 e. The van der Waals surface area contributed by atoms with Crippen LogP contribution in [0.2, 0.25) is 0 Å². The van der Waals surface area contributed by atoms with Crippen LogP contribution in [0.25, 0.3) is 0 Å². The number of hydrazone groups is 1. The first-order chi connectivity index (χ1) is 12.2. The average Bonchev–Trinajstić information content (AvgIpc) is 3.17. The number of benzene rings is 1. The summed E-state index contributed by atoms with van der Waals surface area (Å²) in [4.78, 5) is 14.0. The van der Waals surface area contributed by atoms with E-state index in [4.69, 9.17) is 4.42 Å². The van der Waals surface area contributed by atoms with Crippen LogP contribution in [0.4, 0.5) is 17.2 Å². The Kier molecular flexibility index (Phi) is 4.86. The fourth-order valence-electron chi connectivity index (χ4n) is 1.81. The molecule has 0 radical (unpaired) electrons. The van der Waals surface area contributed by atoms with Gasteiger partial charge in [0, 0.05) is 6.07 Å². The number of nitro groups is 1. The number of azo groups is 1. The van der Waals surface area contributed by atoms with E-state index in [-0.39, 0.29) is 17.3 Å². The molecule has 25 heavy (non-hydrogen) atoms. The fraction of sp³-hybridized carbons (Fsp3) is 0. The van der Waals surface area contributed by atoms with Gasteiger partial charge in [-0.15, -0.1) is 15.3 Å².